The smallest absolute Gasteiger partial charge is 0.143 e. The van der Waals surface area contributed by atoms with Crippen LogP contribution in [0.15, 0.2) is 253 Å². The van der Waals surface area contributed by atoms with Gasteiger partial charge in [0.25, 0.3) is 0 Å². The van der Waals surface area contributed by atoms with Gasteiger partial charge in [-0.3, -0.25) is 0 Å². The van der Waals surface area contributed by atoms with E-state index in [0.29, 0.717) is 0 Å². The molecule has 0 aliphatic rings. The molecule has 0 saturated heterocycles. The maximum absolute atomic E-state index is 6.70. The van der Waals surface area contributed by atoms with Gasteiger partial charge in [0.05, 0.1) is 0 Å². The van der Waals surface area contributed by atoms with E-state index >= 15 is 0 Å². The van der Waals surface area contributed by atoms with Gasteiger partial charge in [-0.25, -0.2) is 0 Å². The summed E-state index contributed by atoms with van der Waals surface area (Å²) in [5.74, 6) is 0.875. The number of rotatable bonds is 9. The van der Waals surface area contributed by atoms with Crippen molar-refractivity contribution in [2.75, 3.05) is 4.90 Å². The zero-order valence-corrected chi connectivity index (χ0v) is 34.0. The van der Waals surface area contributed by atoms with Gasteiger partial charge in [0.1, 0.15) is 11.3 Å². The molecule has 0 unspecified atom stereocenters. The Morgan fingerprint density at radius 1 is 0.258 bits per heavy atom. The highest BCUT2D eigenvalue weighted by Crippen LogP contribution is 2.45. The summed E-state index contributed by atoms with van der Waals surface area (Å²) in [5, 5.41) is 3.60. The molecule has 11 rings (SSSR count). The SMILES string of the molecule is c1ccc(-c2ccc(-c3ccc(N(c4ccc(-c5ccccc5-c5oc6ccccc6c5-c5ccccc5)cc4)c4ccc(-c5cccc6ccccc56)cc4)cc3)cc2)cc1. The first-order valence-electron chi connectivity index (χ1n) is 21.2. The van der Waals surface area contributed by atoms with Crippen LogP contribution in [0.5, 0.6) is 0 Å². The molecule has 1 aromatic heterocycles. The Morgan fingerprint density at radius 2 is 0.661 bits per heavy atom. The molecule has 10 aromatic carbocycles. The molecule has 0 amide bonds. The van der Waals surface area contributed by atoms with Gasteiger partial charge < -0.3 is 9.32 Å². The van der Waals surface area contributed by atoms with Crippen molar-refractivity contribution >= 4 is 38.8 Å². The van der Waals surface area contributed by atoms with Crippen LogP contribution in [0.4, 0.5) is 17.1 Å². The molecular formula is C60H41NO. The van der Waals surface area contributed by atoms with Crippen molar-refractivity contribution in [3.8, 4) is 67.0 Å². The molecule has 0 aliphatic heterocycles. The molecule has 0 fully saturated rings. The molecule has 1 heterocycles. The molecule has 0 radical (unpaired) electrons. The highest BCUT2D eigenvalue weighted by Gasteiger charge is 2.21. The third-order valence-electron chi connectivity index (χ3n) is 11.9. The minimum Gasteiger partial charge on any atom is -0.455 e. The number of anilines is 3. The molecule has 0 spiro atoms. The topological polar surface area (TPSA) is 16.4 Å². The lowest BCUT2D eigenvalue weighted by molar-refractivity contribution is 0.632. The van der Waals surface area contributed by atoms with Gasteiger partial charge in [-0.2, -0.15) is 0 Å². The molecular weight excluding hydrogens is 751 g/mol. The lowest BCUT2D eigenvalue weighted by Crippen LogP contribution is -2.09. The second-order valence-corrected chi connectivity index (χ2v) is 15.7. The molecule has 11 aromatic rings. The number of fused-ring (bicyclic) bond motifs is 2. The van der Waals surface area contributed by atoms with E-state index in [2.05, 4.69) is 248 Å². The fraction of sp³-hybridized carbons (Fsp3) is 0. The highest BCUT2D eigenvalue weighted by molar-refractivity contribution is 6.04. The van der Waals surface area contributed by atoms with E-state index in [4.69, 9.17) is 4.42 Å². The van der Waals surface area contributed by atoms with Crippen LogP contribution < -0.4 is 4.90 Å². The quantitative estimate of drug-likeness (QED) is 0.145. The van der Waals surface area contributed by atoms with Gasteiger partial charge in [0.2, 0.25) is 0 Å². The second-order valence-electron chi connectivity index (χ2n) is 15.7. The number of furan rings is 1. The standard InChI is InChI=1S/C60H41NO/c1-3-14-42(15-4-1)43-26-28-44(29-27-43)45-30-36-50(37-31-45)61(51-38-32-47(33-39-51)54-24-13-19-46-16-7-8-20-53(46)54)52-40-34-48(35-41-52)55-21-9-10-22-56(55)60-59(49-17-5-2-6-18-49)57-23-11-12-25-58(57)62-60/h1-41H. The minimum atomic E-state index is 0.875. The van der Waals surface area contributed by atoms with E-state index in [1.54, 1.807) is 0 Å². The van der Waals surface area contributed by atoms with Gasteiger partial charge in [-0.1, -0.05) is 206 Å². The Morgan fingerprint density at radius 3 is 1.27 bits per heavy atom. The average Bonchev–Trinajstić information content (AvgIpc) is 3.75. The van der Waals surface area contributed by atoms with Crippen molar-refractivity contribution in [3.05, 3.63) is 249 Å². The Hall–Kier alpha value is -8.20. The van der Waals surface area contributed by atoms with E-state index in [1.807, 2.05) is 6.07 Å². The number of benzene rings is 10. The normalized spacial score (nSPS) is 11.2. The predicted octanol–water partition coefficient (Wildman–Crippen LogP) is 17.1. The van der Waals surface area contributed by atoms with E-state index in [-0.39, 0.29) is 0 Å². The van der Waals surface area contributed by atoms with Crippen LogP contribution in [0.2, 0.25) is 0 Å². The first kappa shape index (κ1) is 36.8. The molecule has 0 saturated carbocycles. The van der Waals surface area contributed by atoms with Crippen LogP contribution in [0.3, 0.4) is 0 Å². The number of hydrogen-bond acceptors (Lipinski definition) is 2. The van der Waals surface area contributed by atoms with E-state index in [9.17, 15) is 0 Å². The third kappa shape index (κ3) is 6.94. The molecule has 0 aliphatic carbocycles. The molecule has 2 nitrogen and oxygen atoms in total. The van der Waals surface area contributed by atoms with Gasteiger partial charge in [0.15, 0.2) is 0 Å². The first-order valence-corrected chi connectivity index (χ1v) is 21.2. The van der Waals surface area contributed by atoms with Gasteiger partial charge >= 0.3 is 0 Å². The zero-order valence-electron chi connectivity index (χ0n) is 34.0. The second kappa shape index (κ2) is 16.1. The van der Waals surface area contributed by atoms with Gasteiger partial charge in [-0.05, 0) is 103 Å². The summed E-state index contributed by atoms with van der Waals surface area (Å²) >= 11 is 0. The fourth-order valence-electron chi connectivity index (χ4n) is 8.85. The van der Waals surface area contributed by atoms with Gasteiger partial charge in [0, 0.05) is 33.6 Å². The maximum Gasteiger partial charge on any atom is 0.143 e. The van der Waals surface area contributed by atoms with Crippen LogP contribution in [0, 0.1) is 0 Å². The summed E-state index contributed by atoms with van der Waals surface area (Å²) in [6.45, 7) is 0. The number of nitrogens with zero attached hydrogens (tertiary/aromatic N) is 1. The Kier molecular flexibility index (Phi) is 9.57. The molecule has 0 atom stereocenters. The van der Waals surface area contributed by atoms with Gasteiger partial charge in [-0.15, -0.1) is 0 Å². The summed E-state index contributed by atoms with van der Waals surface area (Å²) in [5.41, 5.74) is 16.8. The van der Waals surface area contributed by atoms with Crippen molar-refractivity contribution in [1.29, 1.82) is 0 Å². The summed E-state index contributed by atoms with van der Waals surface area (Å²) in [4.78, 5) is 2.34. The van der Waals surface area contributed by atoms with Crippen molar-refractivity contribution in [2.24, 2.45) is 0 Å². The van der Waals surface area contributed by atoms with Crippen molar-refractivity contribution in [3.63, 3.8) is 0 Å². The monoisotopic (exact) mass is 791 g/mol. The van der Waals surface area contributed by atoms with Crippen molar-refractivity contribution < 1.29 is 4.42 Å². The third-order valence-corrected chi connectivity index (χ3v) is 11.9. The van der Waals surface area contributed by atoms with Crippen LogP contribution in [-0.2, 0) is 0 Å². The number of hydrogen-bond donors (Lipinski definition) is 0. The Bertz CT molecular complexity index is 3290. The zero-order chi connectivity index (χ0) is 41.2. The Balaban J connectivity index is 0.974. The number of para-hydroxylation sites is 1. The lowest BCUT2D eigenvalue weighted by atomic mass is 9.93. The van der Waals surface area contributed by atoms with E-state index < -0.39 is 0 Å². The summed E-state index contributed by atoms with van der Waals surface area (Å²) in [7, 11) is 0. The van der Waals surface area contributed by atoms with Crippen LogP contribution >= 0.6 is 0 Å². The minimum absolute atomic E-state index is 0.875. The highest BCUT2D eigenvalue weighted by atomic mass is 16.3. The average molecular weight is 792 g/mol. The fourth-order valence-corrected chi connectivity index (χ4v) is 8.85. The predicted molar refractivity (Wildman–Crippen MR) is 261 cm³/mol. The molecule has 0 N–H and O–H groups in total. The summed E-state index contributed by atoms with van der Waals surface area (Å²) < 4.78 is 6.70. The lowest BCUT2D eigenvalue weighted by Gasteiger charge is -2.26. The summed E-state index contributed by atoms with van der Waals surface area (Å²) in [6, 6.07) is 88.8. The maximum atomic E-state index is 6.70. The van der Waals surface area contributed by atoms with Crippen molar-refractivity contribution in [1.82, 2.24) is 0 Å². The molecule has 62 heavy (non-hydrogen) atoms. The molecule has 0 bridgehead atoms. The van der Waals surface area contributed by atoms with Crippen LogP contribution in [0.25, 0.3) is 88.7 Å². The molecule has 2 heteroatoms. The summed E-state index contributed by atoms with van der Waals surface area (Å²) in [6.07, 6.45) is 0. The largest absolute Gasteiger partial charge is 0.455 e. The Labute approximate surface area is 362 Å². The van der Waals surface area contributed by atoms with E-state index in [0.717, 1.165) is 61.6 Å². The van der Waals surface area contributed by atoms with Crippen molar-refractivity contribution in [2.45, 2.75) is 0 Å². The molecule has 292 valence electrons. The van der Waals surface area contributed by atoms with Crippen LogP contribution in [-0.4, -0.2) is 0 Å². The van der Waals surface area contributed by atoms with Crippen LogP contribution in [0.1, 0.15) is 0 Å². The first-order chi connectivity index (χ1) is 30.7. The van der Waals surface area contributed by atoms with E-state index in [1.165, 1.54) is 44.2 Å².